The number of methoxy groups -OCH3 is 1. The van der Waals surface area contributed by atoms with Gasteiger partial charge < -0.3 is 9.84 Å². The van der Waals surface area contributed by atoms with E-state index in [1.54, 1.807) is 47.5 Å². The minimum Gasteiger partial charge on any atom is -0.504 e. The fourth-order valence-corrected chi connectivity index (χ4v) is 5.21. The summed E-state index contributed by atoms with van der Waals surface area (Å²) in [5.41, 5.74) is 1.83. The van der Waals surface area contributed by atoms with Gasteiger partial charge in [-0.3, -0.25) is 14.4 Å². The van der Waals surface area contributed by atoms with Crippen molar-refractivity contribution in [2.75, 3.05) is 17.1 Å². The van der Waals surface area contributed by atoms with E-state index in [0.717, 1.165) is 10.8 Å². The number of benzene rings is 4. The Morgan fingerprint density at radius 1 is 0.917 bits per heavy atom. The van der Waals surface area contributed by atoms with Gasteiger partial charge in [-0.1, -0.05) is 54.1 Å². The summed E-state index contributed by atoms with van der Waals surface area (Å²) in [4.78, 5) is 35.1. The maximum absolute atomic E-state index is 14.0. The predicted octanol–water partition coefficient (Wildman–Crippen LogP) is 5.26. The fraction of sp³-hybridized carbons (Fsp3) is 0.143. The molecule has 3 atom stereocenters. The highest BCUT2D eigenvalue weighted by Gasteiger charge is 2.60. The number of phenols is 1. The second-order valence-corrected chi connectivity index (χ2v) is 9.18. The number of aromatic hydroxyl groups is 1. The number of hydrogen-bond donors (Lipinski definition) is 1. The molecule has 8 heteroatoms. The Kier molecular flexibility index (Phi) is 5.32. The smallest absolute Gasteiger partial charge is 0.266 e. The Morgan fingerprint density at radius 2 is 1.67 bits per heavy atom. The highest BCUT2D eigenvalue weighted by Crippen LogP contribution is 2.49. The average molecular weight is 501 g/mol. The molecule has 2 heterocycles. The number of halogens is 1. The molecule has 0 saturated carbocycles. The van der Waals surface area contributed by atoms with Crippen LogP contribution in [0, 0.1) is 5.92 Å². The zero-order valence-electron chi connectivity index (χ0n) is 19.2. The lowest BCUT2D eigenvalue weighted by Gasteiger charge is -2.29. The van der Waals surface area contributed by atoms with E-state index >= 15 is 0 Å². The van der Waals surface area contributed by atoms with Gasteiger partial charge in [0.25, 0.3) is 5.91 Å². The first-order valence-corrected chi connectivity index (χ1v) is 11.8. The first kappa shape index (κ1) is 22.4. The molecular weight excluding hydrogens is 480 g/mol. The number of hydroxylamine groups is 1. The second-order valence-electron chi connectivity index (χ2n) is 8.74. The summed E-state index contributed by atoms with van der Waals surface area (Å²) in [5, 5.41) is 14.0. The molecule has 2 fully saturated rings. The molecule has 7 nitrogen and oxygen atoms in total. The molecule has 0 radical (unpaired) electrons. The van der Waals surface area contributed by atoms with Crippen molar-refractivity contribution in [3.63, 3.8) is 0 Å². The van der Waals surface area contributed by atoms with Gasteiger partial charge in [0, 0.05) is 10.4 Å². The maximum Gasteiger partial charge on any atom is 0.266 e. The Morgan fingerprint density at radius 3 is 2.44 bits per heavy atom. The van der Waals surface area contributed by atoms with Gasteiger partial charge >= 0.3 is 0 Å². The highest BCUT2D eigenvalue weighted by atomic mass is 35.5. The van der Waals surface area contributed by atoms with Crippen LogP contribution < -0.4 is 14.7 Å². The van der Waals surface area contributed by atoms with Crippen LogP contribution in [0.15, 0.2) is 84.9 Å². The van der Waals surface area contributed by atoms with E-state index in [1.807, 2.05) is 36.4 Å². The van der Waals surface area contributed by atoms with Crippen LogP contribution >= 0.6 is 11.6 Å². The molecule has 2 aliphatic rings. The molecule has 0 aliphatic carbocycles. The number of anilines is 2. The van der Waals surface area contributed by atoms with Crippen molar-refractivity contribution in [3.8, 4) is 11.5 Å². The largest absolute Gasteiger partial charge is 0.504 e. The number of carbonyl (C=O) groups is 2. The van der Waals surface area contributed by atoms with Crippen LogP contribution in [0.5, 0.6) is 11.5 Å². The summed E-state index contributed by atoms with van der Waals surface area (Å²) in [6.45, 7) is 0. The molecule has 6 rings (SSSR count). The molecule has 2 saturated heterocycles. The highest BCUT2D eigenvalue weighted by molar-refractivity contribution is 6.30. The molecule has 2 aliphatic heterocycles. The van der Waals surface area contributed by atoms with Crippen molar-refractivity contribution < 1.29 is 24.3 Å². The van der Waals surface area contributed by atoms with Crippen molar-refractivity contribution in [1.29, 1.82) is 0 Å². The molecule has 2 amide bonds. The summed E-state index contributed by atoms with van der Waals surface area (Å²) in [5.74, 6) is -1.36. The molecular formula is C28H21ClN2O5. The van der Waals surface area contributed by atoms with Crippen molar-refractivity contribution in [3.05, 3.63) is 95.5 Å². The third-order valence-corrected chi connectivity index (χ3v) is 7.00. The van der Waals surface area contributed by atoms with Gasteiger partial charge in [0.1, 0.15) is 5.92 Å². The number of ether oxygens (including phenoxy) is 1. The Balaban J connectivity index is 1.47. The third-order valence-electron chi connectivity index (χ3n) is 6.75. The molecule has 0 spiro atoms. The lowest BCUT2D eigenvalue weighted by molar-refractivity contribution is -0.126. The third kappa shape index (κ3) is 3.39. The molecule has 1 N–H and O–H groups in total. The van der Waals surface area contributed by atoms with E-state index in [9.17, 15) is 14.7 Å². The average Bonchev–Trinajstić information content (AvgIpc) is 3.40. The lowest BCUT2D eigenvalue weighted by atomic mass is 9.90. The van der Waals surface area contributed by atoms with Crippen LogP contribution in [0.4, 0.5) is 11.4 Å². The van der Waals surface area contributed by atoms with Gasteiger partial charge in [-0.2, -0.15) is 0 Å². The zero-order valence-corrected chi connectivity index (χ0v) is 19.9. The number of hydrogen-bond acceptors (Lipinski definition) is 6. The van der Waals surface area contributed by atoms with Crippen molar-refractivity contribution in [1.82, 2.24) is 0 Å². The summed E-state index contributed by atoms with van der Waals surface area (Å²) in [6, 6.07) is 24.4. The SMILES string of the molecule is COc1cc([C@@H]2[C@@H]3C(=O)N(c4cccc5ccccc45)C(=O)[C@H]3ON2c2ccc(Cl)cc2)ccc1O. The molecule has 0 aromatic heterocycles. The summed E-state index contributed by atoms with van der Waals surface area (Å²) in [6.07, 6.45) is -1.02. The van der Waals surface area contributed by atoms with Gasteiger partial charge in [0.2, 0.25) is 5.91 Å². The number of phenolic OH excluding ortho intramolecular Hbond substituents is 1. The van der Waals surface area contributed by atoms with Gasteiger partial charge in [0.15, 0.2) is 17.6 Å². The normalized spacial score (nSPS) is 21.3. The molecule has 36 heavy (non-hydrogen) atoms. The van der Waals surface area contributed by atoms with E-state index < -0.39 is 24.0 Å². The molecule has 180 valence electrons. The molecule has 0 unspecified atom stereocenters. The Labute approximate surface area is 212 Å². The van der Waals surface area contributed by atoms with Crippen LogP contribution in [0.1, 0.15) is 11.6 Å². The van der Waals surface area contributed by atoms with E-state index in [-0.39, 0.29) is 17.4 Å². The number of nitrogens with zero attached hydrogens (tertiary/aromatic N) is 2. The van der Waals surface area contributed by atoms with Gasteiger partial charge in [-0.25, -0.2) is 9.96 Å². The first-order chi connectivity index (χ1) is 17.5. The van der Waals surface area contributed by atoms with Gasteiger partial charge in [-0.15, -0.1) is 0 Å². The molecule has 0 bridgehead atoms. The van der Waals surface area contributed by atoms with Crippen LogP contribution in [0.25, 0.3) is 10.8 Å². The topological polar surface area (TPSA) is 79.3 Å². The van der Waals surface area contributed by atoms with Crippen LogP contribution in [0.3, 0.4) is 0 Å². The van der Waals surface area contributed by atoms with Crippen molar-refractivity contribution in [2.45, 2.75) is 12.1 Å². The van der Waals surface area contributed by atoms with Crippen LogP contribution in [-0.2, 0) is 14.4 Å². The first-order valence-electron chi connectivity index (χ1n) is 11.4. The zero-order chi connectivity index (χ0) is 25.0. The van der Waals surface area contributed by atoms with Crippen LogP contribution in [-0.4, -0.2) is 30.1 Å². The van der Waals surface area contributed by atoms with E-state index in [2.05, 4.69) is 0 Å². The number of rotatable bonds is 4. The fourth-order valence-electron chi connectivity index (χ4n) is 5.08. The Hall–Kier alpha value is -4.07. The minimum absolute atomic E-state index is 0.0269. The van der Waals surface area contributed by atoms with E-state index in [1.165, 1.54) is 18.1 Å². The van der Waals surface area contributed by atoms with Gasteiger partial charge in [0.05, 0.1) is 24.5 Å². The molecule has 4 aromatic carbocycles. The summed E-state index contributed by atoms with van der Waals surface area (Å²) < 4.78 is 5.31. The van der Waals surface area contributed by atoms with Crippen molar-refractivity contribution in [2.24, 2.45) is 5.92 Å². The summed E-state index contributed by atoms with van der Waals surface area (Å²) >= 11 is 6.09. The number of amides is 2. The number of carbonyl (C=O) groups excluding carboxylic acids is 2. The minimum atomic E-state index is -1.02. The summed E-state index contributed by atoms with van der Waals surface area (Å²) in [7, 11) is 1.45. The van der Waals surface area contributed by atoms with E-state index in [4.69, 9.17) is 21.2 Å². The quantitative estimate of drug-likeness (QED) is 0.385. The standard InChI is InChI=1S/C28H21ClN2O5/c1-35-23-15-17(9-14-22(23)32)25-24-26(36-31(25)19-12-10-18(29)11-13-19)28(34)30(27(24)33)21-8-4-6-16-5-2-3-7-20(16)21/h2-15,24-26,32H,1H3/t24-,25+,26-/m0/s1. The number of imide groups is 1. The van der Waals surface area contributed by atoms with Crippen LogP contribution in [0.2, 0.25) is 5.02 Å². The second kappa shape index (κ2) is 8.55. The lowest BCUT2D eigenvalue weighted by Crippen LogP contribution is -2.37. The monoisotopic (exact) mass is 500 g/mol. The number of fused-ring (bicyclic) bond motifs is 2. The van der Waals surface area contributed by atoms with Crippen molar-refractivity contribution >= 4 is 45.6 Å². The maximum atomic E-state index is 14.0. The van der Waals surface area contributed by atoms with E-state index in [0.29, 0.717) is 22.0 Å². The molecule has 4 aromatic rings. The van der Waals surface area contributed by atoms with Gasteiger partial charge in [-0.05, 0) is 53.4 Å². The Bertz CT molecular complexity index is 1500. The predicted molar refractivity (Wildman–Crippen MR) is 136 cm³/mol.